The quantitative estimate of drug-likeness (QED) is 0.921. The Kier molecular flexibility index (Phi) is 3.27. The molecule has 2 aromatic rings. The van der Waals surface area contributed by atoms with E-state index in [4.69, 9.17) is 14.9 Å². The van der Waals surface area contributed by atoms with Crippen LogP contribution in [-0.2, 0) is 10.9 Å². The number of halogens is 3. The third-order valence-electron chi connectivity index (χ3n) is 2.51. The maximum Gasteiger partial charge on any atom is 0.416 e. The lowest BCUT2D eigenvalue weighted by Gasteiger charge is -2.06. The van der Waals surface area contributed by atoms with Gasteiger partial charge in [-0.15, -0.1) is 0 Å². The van der Waals surface area contributed by atoms with E-state index < -0.39 is 17.8 Å². The fourth-order valence-electron chi connectivity index (χ4n) is 1.56. The van der Waals surface area contributed by atoms with Gasteiger partial charge in [-0.25, -0.2) is 4.98 Å². The summed E-state index contributed by atoms with van der Waals surface area (Å²) >= 11 is 0. The van der Waals surface area contributed by atoms with Crippen LogP contribution in [0.25, 0.3) is 11.1 Å². The van der Waals surface area contributed by atoms with Crippen molar-refractivity contribution in [1.82, 2.24) is 4.98 Å². The SMILES string of the molecule is COC(CN)c1nc2cc(C(F)(F)F)ccc2o1. The molecule has 7 heteroatoms. The van der Waals surface area contributed by atoms with E-state index >= 15 is 0 Å². The molecular formula is C11H11F3N2O2. The normalized spacial score (nSPS) is 14.1. The molecule has 1 heterocycles. The van der Waals surface area contributed by atoms with Gasteiger partial charge in [-0.05, 0) is 18.2 Å². The van der Waals surface area contributed by atoms with Crippen molar-refractivity contribution in [2.45, 2.75) is 12.3 Å². The van der Waals surface area contributed by atoms with Crippen molar-refractivity contribution in [3.63, 3.8) is 0 Å². The standard InChI is InChI=1S/C11H11F3N2O2/c1-17-9(5-15)10-16-7-4-6(11(12,13)14)2-3-8(7)18-10/h2-4,9H,5,15H2,1H3. The van der Waals surface area contributed by atoms with Gasteiger partial charge in [-0.3, -0.25) is 0 Å². The van der Waals surface area contributed by atoms with Crippen LogP contribution in [-0.4, -0.2) is 18.6 Å². The van der Waals surface area contributed by atoms with Crippen LogP contribution in [0.1, 0.15) is 17.6 Å². The van der Waals surface area contributed by atoms with Gasteiger partial charge in [0, 0.05) is 13.7 Å². The first-order valence-corrected chi connectivity index (χ1v) is 5.16. The molecule has 2 N–H and O–H groups in total. The monoisotopic (exact) mass is 260 g/mol. The van der Waals surface area contributed by atoms with Crippen LogP contribution in [0.4, 0.5) is 13.2 Å². The van der Waals surface area contributed by atoms with Crippen molar-refractivity contribution in [3.8, 4) is 0 Å². The van der Waals surface area contributed by atoms with E-state index in [1.807, 2.05) is 0 Å². The summed E-state index contributed by atoms with van der Waals surface area (Å²) in [4.78, 5) is 3.96. The summed E-state index contributed by atoms with van der Waals surface area (Å²) < 4.78 is 47.8. The number of fused-ring (bicyclic) bond motifs is 1. The second kappa shape index (κ2) is 4.58. The van der Waals surface area contributed by atoms with Gasteiger partial charge >= 0.3 is 6.18 Å². The van der Waals surface area contributed by atoms with Crippen molar-refractivity contribution in [3.05, 3.63) is 29.7 Å². The summed E-state index contributed by atoms with van der Waals surface area (Å²) in [6.45, 7) is 0.134. The summed E-state index contributed by atoms with van der Waals surface area (Å²) in [5, 5.41) is 0. The maximum atomic E-state index is 12.5. The summed E-state index contributed by atoms with van der Waals surface area (Å²) in [6.07, 6.45) is -4.96. The highest BCUT2D eigenvalue weighted by Gasteiger charge is 2.31. The third kappa shape index (κ3) is 2.32. The molecule has 1 unspecified atom stereocenters. The number of hydrogen-bond donors (Lipinski definition) is 1. The number of oxazole rings is 1. The van der Waals surface area contributed by atoms with Crippen LogP contribution in [0.3, 0.4) is 0 Å². The van der Waals surface area contributed by atoms with Gasteiger partial charge in [0.05, 0.1) is 5.56 Å². The first-order valence-electron chi connectivity index (χ1n) is 5.16. The molecule has 1 atom stereocenters. The largest absolute Gasteiger partial charge is 0.438 e. The summed E-state index contributed by atoms with van der Waals surface area (Å²) in [7, 11) is 1.42. The zero-order chi connectivity index (χ0) is 13.3. The summed E-state index contributed by atoms with van der Waals surface area (Å²) in [6, 6.07) is 3.12. The highest BCUT2D eigenvalue weighted by atomic mass is 19.4. The molecule has 0 aliphatic carbocycles. The number of nitrogens with two attached hydrogens (primary N) is 1. The Morgan fingerprint density at radius 2 is 2.17 bits per heavy atom. The maximum absolute atomic E-state index is 12.5. The Balaban J connectivity index is 2.46. The molecule has 0 saturated heterocycles. The lowest BCUT2D eigenvalue weighted by Crippen LogP contribution is -2.14. The summed E-state index contributed by atoms with van der Waals surface area (Å²) in [5.41, 5.74) is 5.07. The number of alkyl halides is 3. The predicted octanol–water partition coefficient (Wildman–Crippen LogP) is 2.49. The first-order chi connectivity index (χ1) is 8.45. The van der Waals surface area contributed by atoms with Gasteiger partial charge in [-0.1, -0.05) is 0 Å². The van der Waals surface area contributed by atoms with Crippen molar-refractivity contribution in [2.24, 2.45) is 5.73 Å². The number of methoxy groups -OCH3 is 1. The second-order valence-electron chi connectivity index (χ2n) is 3.69. The Morgan fingerprint density at radius 3 is 2.72 bits per heavy atom. The molecule has 2 rings (SSSR count). The van der Waals surface area contributed by atoms with E-state index in [1.165, 1.54) is 13.2 Å². The number of hydrogen-bond acceptors (Lipinski definition) is 4. The number of benzene rings is 1. The highest BCUT2D eigenvalue weighted by molar-refractivity contribution is 5.73. The zero-order valence-electron chi connectivity index (χ0n) is 9.49. The Labute approximate surface area is 101 Å². The van der Waals surface area contributed by atoms with E-state index in [0.717, 1.165) is 12.1 Å². The fourth-order valence-corrected chi connectivity index (χ4v) is 1.56. The average molecular weight is 260 g/mol. The van der Waals surface area contributed by atoms with Gasteiger partial charge in [0.1, 0.15) is 11.6 Å². The number of aromatic nitrogens is 1. The molecule has 0 fully saturated rings. The van der Waals surface area contributed by atoms with Gasteiger partial charge in [-0.2, -0.15) is 13.2 Å². The van der Waals surface area contributed by atoms with Crippen molar-refractivity contribution < 1.29 is 22.3 Å². The predicted molar refractivity (Wildman–Crippen MR) is 57.8 cm³/mol. The lowest BCUT2D eigenvalue weighted by molar-refractivity contribution is -0.137. The molecule has 0 aliphatic heterocycles. The molecule has 0 amide bonds. The van der Waals surface area contributed by atoms with Crippen LogP contribution in [0, 0.1) is 0 Å². The molecular weight excluding hydrogens is 249 g/mol. The number of nitrogens with zero attached hydrogens (tertiary/aromatic N) is 1. The molecule has 0 bridgehead atoms. The molecule has 0 radical (unpaired) electrons. The molecule has 0 saturated carbocycles. The van der Waals surface area contributed by atoms with Crippen molar-refractivity contribution >= 4 is 11.1 Å². The highest BCUT2D eigenvalue weighted by Crippen LogP contribution is 2.32. The van der Waals surface area contributed by atoms with E-state index in [2.05, 4.69) is 4.98 Å². The second-order valence-corrected chi connectivity index (χ2v) is 3.69. The molecule has 1 aromatic heterocycles. The van der Waals surface area contributed by atoms with Crippen LogP contribution in [0.15, 0.2) is 22.6 Å². The molecule has 98 valence electrons. The van der Waals surface area contributed by atoms with Crippen molar-refractivity contribution in [1.29, 1.82) is 0 Å². The van der Waals surface area contributed by atoms with E-state index in [1.54, 1.807) is 0 Å². The fraction of sp³-hybridized carbons (Fsp3) is 0.364. The molecule has 1 aromatic carbocycles. The van der Waals surface area contributed by atoms with Crippen LogP contribution in [0.5, 0.6) is 0 Å². The van der Waals surface area contributed by atoms with Gasteiger partial charge in [0.25, 0.3) is 0 Å². The van der Waals surface area contributed by atoms with E-state index in [-0.39, 0.29) is 23.5 Å². The van der Waals surface area contributed by atoms with Crippen LogP contribution in [0.2, 0.25) is 0 Å². The number of ether oxygens (including phenoxy) is 1. The Hall–Kier alpha value is -1.60. The minimum absolute atomic E-state index is 0.134. The van der Waals surface area contributed by atoms with E-state index in [9.17, 15) is 13.2 Å². The lowest BCUT2D eigenvalue weighted by atomic mass is 10.2. The van der Waals surface area contributed by atoms with Gasteiger partial charge < -0.3 is 14.9 Å². The molecule has 0 aliphatic rings. The Morgan fingerprint density at radius 1 is 1.44 bits per heavy atom. The average Bonchev–Trinajstić information content (AvgIpc) is 2.71. The van der Waals surface area contributed by atoms with Gasteiger partial charge in [0.2, 0.25) is 5.89 Å². The van der Waals surface area contributed by atoms with Crippen LogP contribution < -0.4 is 5.73 Å². The summed E-state index contributed by atoms with van der Waals surface area (Å²) in [5.74, 6) is 0.175. The smallest absolute Gasteiger partial charge is 0.416 e. The van der Waals surface area contributed by atoms with Crippen LogP contribution >= 0.6 is 0 Å². The molecule has 4 nitrogen and oxygen atoms in total. The number of rotatable bonds is 3. The molecule has 0 spiro atoms. The minimum atomic E-state index is -4.40. The molecule has 18 heavy (non-hydrogen) atoms. The van der Waals surface area contributed by atoms with Gasteiger partial charge in [0.15, 0.2) is 5.58 Å². The van der Waals surface area contributed by atoms with E-state index in [0.29, 0.717) is 0 Å². The first kappa shape index (κ1) is 12.8. The van der Waals surface area contributed by atoms with Crippen molar-refractivity contribution in [2.75, 3.05) is 13.7 Å². The minimum Gasteiger partial charge on any atom is -0.438 e. The Bertz CT molecular complexity index is 547. The topological polar surface area (TPSA) is 61.3 Å². The third-order valence-corrected chi connectivity index (χ3v) is 2.51. The zero-order valence-corrected chi connectivity index (χ0v) is 9.49.